The first-order valence-electron chi connectivity index (χ1n) is 7.09. The molecule has 1 heterocycles. The molecule has 0 aromatic heterocycles. The third kappa shape index (κ3) is 3.80. The number of rotatable bonds is 5. The van der Waals surface area contributed by atoms with Crippen molar-refractivity contribution in [2.24, 2.45) is 0 Å². The zero-order valence-electron chi connectivity index (χ0n) is 12.1. The van der Waals surface area contributed by atoms with Crippen LogP contribution in [0.3, 0.4) is 0 Å². The van der Waals surface area contributed by atoms with E-state index in [1.165, 1.54) is 12.8 Å². The summed E-state index contributed by atoms with van der Waals surface area (Å²) in [5, 5.41) is 0. The normalized spacial score (nSPS) is 16.0. The van der Waals surface area contributed by atoms with Gasteiger partial charge in [0.1, 0.15) is 5.75 Å². The van der Waals surface area contributed by atoms with E-state index in [4.69, 9.17) is 4.74 Å². The molecule has 104 valence electrons. The smallest absolute Gasteiger partial charge is 0.176 e. The van der Waals surface area contributed by atoms with E-state index in [1.807, 2.05) is 39.0 Å². The van der Waals surface area contributed by atoms with Crippen LogP contribution in [0.25, 0.3) is 0 Å². The van der Waals surface area contributed by atoms with Gasteiger partial charge in [-0.15, -0.1) is 0 Å². The quantitative estimate of drug-likeness (QED) is 0.763. The minimum absolute atomic E-state index is 0.157. The number of Topliss-reactive ketones (excluding diaryl/α,β-unsaturated/α-hetero) is 1. The van der Waals surface area contributed by atoms with E-state index >= 15 is 0 Å². The number of ketones is 1. The van der Waals surface area contributed by atoms with E-state index < -0.39 is 0 Å². The van der Waals surface area contributed by atoms with Crippen LogP contribution in [0, 0.1) is 6.92 Å². The van der Waals surface area contributed by atoms with Crippen LogP contribution in [0.1, 0.15) is 42.6 Å². The highest BCUT2D eigenvalue weighted by Gasteiger charge is 2.16. The predicted octanol–water partition coefficient (Wildman–Crippen LogP) is 3.06. The van der Waals surface area contributed by atoms with Crippen LogP contribution in [0.5, 0.6) is 5.75 Å². The molecule has 3 heteroatoms. The lowest BCUT2D eigenvalue weighted by atomic mass is 10.1. The molecule has 1 aromatic carbocycles. The third-order valence-electron chi connectivity index (χ3n) is 3.43. The van der Waals surface area contributed by atoms with Crippen LogP contribution in [-0.2, 0) is 0 Å². The monoisotopic (exact) mass is 261 g/mol. The average molecular weight is 261 g/mol. The molecular weight excluding hydrogens is 238 g/mol. The molecule has 0 unspecified atom stereocenters. The Morgan fingerprint density at radius 1 is 1.32 bits per heavy atom. The molecule has 0 spiro atoms. The number of aryl methyl sites for hydroxylation is 1. The first-order chi connectivity index (χ1) is 9.06. The summed E-state index contributed by atoms with van der Waals surface area (Å²) in [5.41, 5.74) is 1.82. The van der Waals surface area contributed by atoms with Crippen molar-refractivity contribution < 1.29 is 9.53 Å². The summed E-state index contributed by atoms with van der Waals surface area (Å²) in [6.45, 7) is 8.66. The Bertz CT molecular complexity index is 448. The summed E-state index contributed by atoms with van der Waals surface area (Å²) < 4.78 is 5.69. The van der Waals surface area contributed by atoms with Gasteiger partial charge in [-0.1, -0.05) is 0 Å². The number of carbonyl (C=O) groups excluding carboxylic acids is 1. The standard InChI is InChI=1S/C16H23NO2/c1-12(2)19-16-7-6-14(10-13(16)3)15(18)11-17-8-4-5-9-17/h6-7,10,12H,4-5,8-9,11H2,1-3H3. The van der Waals surface area contributed by atoms with Crippen LogP contribution in [0.15, 0.2) is 18.2 Å². The summed E-state index contributed by atoms with van der Waals surface area (Å²) in [6.07, 6.45) is 2.59. The molecule has 0 saturated carbocycles. The first-order valence-corrected chi connectivity index (χ1v) is 7.09. The van der Waals surface area contributed by atoms with E-state index in [1.54, 1.807) is 0 Å². The van der Waals surface area contributed by atoms with Gasteiger partial charge >= 0.3 is 0 Å². The van der Waals surface area contributed by atoms with Gasteiger partial charge in [-0.2, -0.15) is 0 Å². The summed E-state index contributed by atoms with van der Waals surface area (Å²) in [5.74, 6) is 1.08. The number of hydrogen-bond donors (Lipinski definition) is 0. The Morgan fingerprint density at radius 2 is 2.00 bits per heavy atom. The Morgan fingerprint density at radius 3 is 2.58 bits per heavy atom. The van der Waals surface area contributed by atoms with E-state index in [2.05, 4.69) is 4.90 Å². The molecule has 1 saturated heterocycles. The van der Waals surface area contributed by atoms with Gasteiger partial charge in [-0.25, -0.2) is 0 Å². The number of likely N-dealkylation sites (tertiary alicyclic amines) is 1. The first kappa shape index (κ1) is 14.1. The Labute approximate surface area is 115 Å². The molecule has 0 amide bonds. The highest BCUT2D eigenvalue weighted by Crippen LogP contribution is 2.21. The number of hydrogen-bond acceptors (Lipinski definition) is 3. The molecule has 0 N–H and O–H groups in total. The molecule has 0 atom stereocenters. The molecule has 0 bridgehead atoms. The van der Waals surface area contributed by atoms with Crippen molar-refractivity contribution in [1.82, 2.24) is 4.90 Å². The van der Waals surface area contributed by atoms with Crippen molar-refractivity contribution in [3.8, 4) is 5.75 Å². The second kappa shape index (κ2) is 6.20. The van der Waals surface area contributed by atoms with Gasteiger partial charge in [-0.3, -0.25) is 9.69 Å². The SMILES string of the molecule is Cc1cc(C(=O)CN2CCCC2)ccc1OC(C)C. The Balaban J connectivity index is 2.03. The minimum atomic E-state index is 0.157. The van der Waals surface area contributed by atoms with Crippen molar-refractivity contribution in [2.45, 2.75) is 39.7 Å². The van der Waals surface area contributed by atoms with Gasteiger partial charge in [0.2, 0.25) is 0 Å². The summed E-state index contributed by atoms with van der Waals surface area (Å²) in [6, 6.07) is 5.73. The average Bonchev–Trinajstić information content (AvgIpc) is 2.84. The largest absolute Gasteiger partial charge is 0.491 e. The Hall–Kier alpha value is -1.35. The van der Waals surface area contributed by atoms with Crippen LogP contribution in [0.4, 0.5) is 0 Å². The topological polar surface area (TPSA) is 29.5 Å². The van der Waals surface area contributed by atoms with Gasteiger partial charge in [0.25, 0.3) is 0 Å². The summed E-state index contributed by atoms with van der Waals surface area (Å²) in [4.78, 5) is 14.4. The fourth-order valence-corrected chi connectivity index (χ4v) is 2.44. The molecule has 0 aliphatic carbocycles. The van der Waals surface area contributed by atoms with Gasteiger partial charge in [0.15, 0.2) is 5.78 Å². The van der Waals surface area contributed by atoms with Crippen molar-refractivity contribution >= 4 is 5.78 Å². The van der Waals surface area contributed by atoms with Crippen LogP contribution in [-0.4, -0.2) is 36.4 Å². The highest BCUT2D eigenvalue weighted by atomic mass is 16.5. The van der Waals surface area contributed by atoms with Crippen LogP contribution < -0.4 is 4.74 Å². The molecule has 19 heavy (non-hydrogen) atoms. The number of nitrogens with zero attached hydrogens (tertiary/aromatic N) is 1. The molecule has 1 aliphatic rings. The predicted molar refractivity (Wildman–Crippen MR) is 76.9 cm³/mol. The maximum absolute atomic E-state index is 12.2. The van der Waals surface area contributed by atoms with E-state index in [0.29, 0.717) is 6.54 Å². The van der Waals surface area contributed by atoms with Gasteiger partial charge in [0, 0.05) is 5.56 Å². The van der Waals surface area contributed by atoms with Crippen molar-refractivity contribution in [1.29, 1.82) is 0 Å². The van der Waals surface area contributed by atoms with Crippen molar-refractivity contribution in [2.75, 3.05) is 19.6 Å². The highest BCUT2D eigenvalue weighted by molar-refractivity contribution is 5.98. The molecular formula is C16H23NO2. The Kier molecular flexibility index (Phi) is 4.59. The lowest BCUT2D eigenvalue weighted by Crippen LogP contribution is -2.26. The molecule has 0 radical (unpaired) electrons. The van der Waals surface area contributed by atoms with Crippen LogP contribution in [0.2, 0.25) is 0 Å². The van der Waals surface area contributed by atoms with Crippen molar-refractivity contribution in [3.63, 3.8) is 0 Å². The zero-order chi connectivity index (χ0) is 13.8. The molecule has 1 aromatic rings. The van der Waals surface area contributed by atoms with E-state index in [0.717, 1.165) is 30.0 Å². The van der Waals surface area contributed by atoms with Crippen LogP contribution >= 0.6 is 0 Å². The lowest BCUT2D eigenvalue weighted by molar-refractivity contribution is 0.0945. The summed E-state index contributed by atoms with van der Waals surface area (Å²) >= 11 is 0. The lowest BCUT2D eigenvalue weighted by Gasteiger charge is -2.15. The third-order valence-corrected chi connectivity index (χ3v) is 3.43. The van der Waals surface area contributed by atoms with Gasteiger partial charge in [-0.05, 0) is 70.5 Å². The zero-order valence-corrected chi connectivity index (χ0v) is 12.1. The maximum atomic E-state index is 12.2. The van der Waals surface area contributed by atoms with Crippen molar-refractivity contribution in [3.05, 3.63) is 29.3 Å². The van der Waals surface area contributed by atoms with Gasteiger partial charge < -0.3 is 4.74 Å². The fourth-order valence-electron chi connectivity index (χ4n) is 2.44. The fraction of sp³-hybridized carbons (Fsp3) is 0.562. The second-order valence-electron chi connectivity index (χ2n) is 5.55. The minimum Gasteiger partial charge on any atom is -0.491 e. The molecule has 2 rings (SSSR count). The molecule has 1 aliphatic heterocycles. The number of benzene rings is 1. The molecule has 3 nitrogen and oxygen atoms in total. The van der Waals surface area contributed by atoms with E-state index in [9.17, 15) is 4.79 Å². The number of carbonyl (C=O) groups is 1. The summed E-state index contributed by atoms with van der Waals surface area (Å²) in [7, 11) is 0. The maximum Gasteiger partial charge on any atom is 0.176 e. The number of ether oxygens (including phenoxy) is 1. The van der Waals surface area contributed by atoms with E-state index in [-0.39, 0.29) is 11.9 Å². The molecule has 1 fully saturated rings. The second-order valence-corrected chi connectivity index (χ2v) is 5.55. The van der Waals surface area contributed by atoms with Gasteiger partial charge in [0.05, 0.1) is 12.6 Å².